The highest BCUT2D eigenvalue weighted by Gasteiger charge is 2.55. The third kappa shape index (κ3) is 8.85. The fourth-order valence-electron chi connectivity index (χ4n) is 5.95. The zero-order valence-corrected chi connectivity index (χ0v) is 26.2. The largest absolute Gasteiger partial charge is 0.394 e. The highest BCUT2D eigenvalue weighted by Crippen LogP contribution is 2.34. The molecule has 4 rings (SSSR count). The van der Waals surface area contributed by atoms with Gasteiger partial charge < -0.3 is 110 Å². The van der Waals surface area contributed by atoms with Gasteiger partial charge in [-0.1, -0.05) is 0 Å². The average Bonchev–Trinajstić information content (AvgIpc) is 3.10. The Bertz CT molecular complexity index is 981. The summed E-state index contributed by atoms with van der Waals surface area (Å²) < 4.78 is 44.0. The summed E-state index contributed by atoms with van der Waals surface area (Å²) in [6.07, 6.45) is -33.8. The molecule has 0 saturated carbocycles. The second-order valence-corrected chi connectivity index (χ2v) is 12.1. The summed E-state index contributed by atoms with van der Waals surface area (Å²) in [5.41, 5.74) is 5.42. The smallest absolute Gasteiger partial charge is 0.187 e. The molecule has 4 saturated heterocycles. The first-order valence-electron chi connectivity index (χ1n) is 15.8. The summed E-state index contributed by atoms with van der Waals surface area (Å²) >= 11 is 0. The highest BCUT2D eigenvalue weighted by atomic mass is 16.8. The summed E-state index contributed by atoms with van der Waals surface area (Å²) in [4.78, 5) is 0. The van der Waals surface area contributed by atoms with Crippen molar-refractivity contribution >= 4 is 0 Å². The Labute approximate surface area is 279 Å². The summed E-state index contributed by atoms with van der Waals surface area (Å²) in [7, 11) is 0. The van der Waals surface area contributed by atoms with Crippen molar-refractivity contribution in [2.24, 2.45) is 5.73 Å². The average molecular weight is 724 g/mol. The Balaban J connectivity index is 1.41. The van der Waals surface area contributed by atoms with Gasteiger partial charge in [0.1, 0.15) is 97.7 Å². The van der Waals surface area contributed by atoms with E-state index in [9.17, 15) is 66.4 Å². The van der Waals surface area contributed by atoms with Crippen LogP contribution in [0.1, 0.15) is 6.42 Å². The quantitative estimate of drug-likeness (QED) is 0.0740. The van der Waals surface area contributed by atoms with Gasteiger partial charge in [0.05, 0.1) is 33.0 Å². The molecule has 0 amide bonds. The van der Waals surface area contributed by atoms with E-state index in [1.807, 2.05) is 0 Å². The number of aliphatic hydroxyl groups is 13. The first-order valence-corrected chi connectivity index (χ1v) is 15.8. The molecule has 0 spiro atoms. The summed E-state index contributed by atoms with van der Waals surface area (Å²) in [6.45, 7) is -2.94. The summed E-state index contributed by atoms with van der Waals surface area (Å²) in [5, 5.41) is 134. The predicted octanol–water partition coefficient (Wildman–Crippen LogP) is -9.38. The van der Waals surface area contributed by atoms with Crippen molar-refractivity contribution < 1.29 is 104 Å². The molecule has 4 heterocycles. The zero-order valence-electron chi connectivity index (χ0n) is 26.2. The number of hydrogen-bond donors (Lipinski definition) is 14. The predicted molar refractivity (Wildman–Crippen MR) is 151 cm³/mol. The number of hydrogen-bond acceptors (Lipinski definition) is 22. The van der Waals surface area contributed by atoms with Crippen LogP contribution in [-0.4, -0.2) is 229 Å². The fourth-order valence-corrected chi connectivity index (χ4v) is 5.95. The first kappa shape index (κ1) is 40.9. The maximum atomic E-state index is 11.0. The van der Waals surface area contributed by atoms with Crippen LogP contribution in [0.4, 0.5) is 0 Å². The van der Waals surface area contributed by atoms with Gasteiger partial charge in [-0.2, -0.15) is 0 Å². The molecule has 22 heteroatoms. The minimum atomic E-state index is -2.02. The third-order valence-corrected chi connectivity index (χ3v) is 8.81. The van der Waals surface area contributed by atoms with E-state index in [4.69, 9.17) is 43.6 Å². The van der Waals surface area contributed by atoms with E-state index in [1.165, 1.54) is 0 Å². The van der Waals surface area contributed by atoms with E-state index in [0.29, 0.717) is 6.42 Å². The van der Waals surface area contributed by atoms with Crippen molar-refractivity contribution in [1.82, 2.24) is 0 Å². The second-order valence-electron chi connectivity index (χ2n) is 12.1. The summed E-state index contributed by atoms with van der Waals surface area (Å²) in [6, 6.07) is 0. The molecule has 20 atom stereocenters. The van der Waals surface area contributed by atoms with Crippen LogP contribution >= 0.6 is 0 Å². The monoisotopic (exact) mass is 723 g/mol. The van der Waals surface area contributed by atoms with Gasteiger partial charge in [-0.05, 0) is 13.0 Å². The number of ether oxygens (including phenoxy) is 8. The molecule has 4 fully saturated rings. The van der Waals surface area contributed by atoms with Gasteiger partial charge in [0.2, 0.25) is 0 Å². The minimum absolute atomic E-state index is 0.0756. The van der Waals surface area contributed by atoms with Crippen molar-refractivity contribution in [1.29, 1.82) is 0 Å². The van der Waals surface area contributed by atoms with Crippen LogP contribution in [-0.2, 0) is 37.9 Å². The van der Waals surface area contributed by atoms with Crippen LogP contribution in [0, 0.1) is 0 Å². The van der Waals surface area contributed by atoms with Crippen molar-refractivity contribution in [2.75, 3.05) is 39.6 Å². The van der Waals surface area contributed by atoms with E-state index in [1.54, 1.807) is 0 Å². The van der Waals surface area contributed by atoms with E-state index in [-0.39, 0.29) is 13.2 Å². The zero-order chi connectivity index (χ0) is 36.2. The van der Waals surface area contributed by atoms with Crippen LogP contribution in [0.5, 0.6) is 0 Å². The van der Waals surface area contributed by atoms with E-state index >= 15 is 0 Å². The number of rotatable bonds is 14. The number of aliphatic hydroxyl groups excluding tert-OH is 13. The molecule has 4 aliphatic heterocycles. The third-order valence-electron chi connectivity index (χ3n) is 8.81. The first-order chi connectivity index (χ1) is 23.3. The molecular formula is C27H49NO21. The summed E-state index contributed by atoms with van der Waals surface area (Å²) in [5.74, 6) is 0. The number of nitrogens with two attached hydrogens (primary N) is 1. The Kier molecular flexibility index (Phi) is 15.2. The Morgan fingerprint density at radius 2 is 0.735 bits per heavy atom. The minimum Gasteiger partial charge on any atom is -0.394 e. The van der Waals surface area contributed by atoms with Crippen LogP contribution in [0.25, 0.3) is 0 Å². The molecule has 288 valence electrons. The lowest BCUT2D eigenvalue weighted by molar-refractivity contribution is -0.388. The maximum Gasteiger partial charge on any atom is 0.187 e. The molecule has 0 aromatic rings. The molecule has 22 nitrogen and oxygen atoms in total. The molecule has 0 radical (unpaired) electrons. The molecule has 0 aromatic heterocycles. The van der Waals surface area contributed by atoms with E-state index < -0.39 is 149 Å². The molecule has 8 unspecified atom stereocenters. The lowest BCUT2D eigenvalue weighted by Crippen LogP contribution is -2.67. The Morgan fingerprint density at radius 1 is 0.408 bits per heavy atom. The van der Waals surface area contributed by atoms with Gasteiger partial charge in [-0.25, -0.2) is 0 Å². The van der Waals surface area contributed by atoms with Crippen molar-refractivity contribution in [3.8, 4) is 0 Å². The van der Waals surface area contributed by atoms with Gasteiger partial charge in [0, 0.05) is 0 Å². The maximum absolute atomic E-state index is 11.0. The Hall–Kier alpha value is -0.880. The van der Waals surface area contributed by atoms with E-state index in [0.717, 1.165) is 0 Å². The van der Waals surface area contributed by atoms with Crippen molar-refractivity contribution in [2.45, 2.75) is 129 Å². The van der Waals surface area contributed by atoms with Crippen LogP contribution in [0.2, 0.25) is 0 Å². The molecule has 4 aliphatic rings. The molecule has 0 aromatic carbocycles. The van der Waals surface area contributed by atoms with Crippen LogP contribution < -0.4 is 5.73 Å². The van der Waals surface area contributed by atoms with Crippen LogP contribution in [0.15, 0.2) is 0 Å². The van der Waals surface area contributed by atoms with Crippen LogP contribution in [0.3, 0.4) is 0 Å². The standard InChI is InChI=1S/C27H49NO21/c28-2-1-3-42-24-18(39)14(35)21(9(5-30)44-24)48-26-20(41)16(37)23(11(7-32)46-26)49-27-19(40)15(36)22(10(6-31)45-27)47-25-17(38)13(34)12(33)8(4-29)43-25/h8-27,29-41H,1-7,28H2/t8?,9?,10?,11?,12-,13+,14-,15-,16-,17?,18?,19?,20?,21-,22+,23-,24-,25-,26+,27-/m1/s1. The molecular weight excluding hydrogens is 674 g/mol. The molecule has 0 bridgehead atoms. The van der Waals surface area contributed by atoms with Gasteiger partial charge in [0.25, 0.3) is 0 Å². The lowest BCUT2D eigenvalue weighted by atomic mass is 9.95. The molecule has 15 N–H and O–H groups in total. The molecule has 0 aliphatic carbocycles. The topological polar surface area (TPSA) is 363 Å². The highest BCUT2D eigenvalue weighted by molar-refractivity contribution is 4.97. The Morgan fingerprint density at radius 3 is 1.10 bits per heavy atom. The SMILES string of the molecule is NCCCO[C@@H]1OC(CO)[C@@H](O[C@@H]2OC(CO)[C@@H](O[C@H]3OC(CO)[C@H](O[C@H]4OC(CO)[C@@H](O)[C@H](O)C4O)[C@H](O)C3O)[C@H](O)C2O)[C@H](O)C1O. The van der Waals surface area contributed by atoms with Gasteiger partial charge in [-0.3, -0.25) is 0 Å². The van der Waals surface area contributed by atoms with Gasteiger partial charge in [0.15, 0.2) is 25.2 Å². The fraction of sp³-hybridized carbons (Fsp3) is 1.00. The van der Waals surface area contributed by atoms with E-state index in [2.05, 4.69) is 0 Å². The molecule has 49 heavy (non-hydrogen) atoms. The van der Waals surface area contributed by atoms with Gasteiger partial charge in [-0.15, -0.1) is 0 Å². The van der Waals surface area contributed by atoms with Crippen molar-refractivity contribution in [3.05, 3.63) is 0 Å². The second kappa shape index (κ2) is 18.2. The van der Waals surface area contributed by atoms with Gasteiger partial charge >= 0.3 is 0 Å². The van der Waals surface area contributed by atoms with Crippen molar-refractivity contribution in [3.63, 3.8) is 0 Å². The normalized spacial score (nSPS) is 49.6. The lowest BCUT2D eigenvalue weighted by Gasteiger charge is -2.49.